The Labute approximate surface area is 77.2 Å². The minimum absolute atomic E-state index is 0.150. The van der Waals surface area contributed by atoms with Gasteiger partial charge in [0.1, 0.15) is 5.82 Å². The molecule has 1 nitrogen and oxygen atoms in total. The quantitative estimate of drug-likeness (QED) is 0.737. The van der Waals surface area contributed by atoms with E-state index < -0.39 is 0 Å². The fraction of sp³-hybridized carbons (Fsp3) is 0.455. The Bertz CT molecular complexity index is 309. The Morgan fingerprint density at radius 2 is 2.08 bits per heavy atom. The second kappa shape index (κ2) is 3.46. The van der Waals surface area contributed by atoms with Crippen LogP contribution in [0, 0.1) is 11.7 Å². The van der Waals surface area contributed by atoms with Gasteiger partial charge in [-0.15, -0.1) is 0 Å². The summed E-state index contributed by atoms with van der Waals surface area (Å²) in [4.78, 5) is 0. The molecule has 70 valence electrons. The van der Waals surface area contributed by atoms with E-state index in [2.05, 4.69) is 0 Å². The average molecular weight is 180 g/mol. The van der Waals surface area contributed by atoms with Crippen molar-refractivity contribution in [3.63, 3.8) is 0 Å². The van der Waals surface area contributed by atoms with E-state index in [-0.39, 0.29) is 12.4 Å². The molecular formula is C11H13FO. The molecular weight excluding hydrogens is 167 g/mol. The van der Waals surface area contributed by atoms with Crippen LogP contribution in [0.4, 0.5) is 4.39 Å². The summed E-state index contributed by atoms with van der Waals surface area (Å²) in [7, 11) is 0. The number of hydrogen-bond acceptors (Lipinski definition) is 1. The summed E-state index contributed by atoms with van der Waals surface area (Å²) >= 11 is 0. The molecule has 1 N–H and O–H groups in total. The Morgan fingerprint density at radius 1 is 1.31 bits per heavy atom. The number of rotatable bonds is 2. The van der Waals surface area contributed by atoms with Crippen molar-refractivity contribution < 1.29 is 9.50 Å². The van der Waals surface area contributed by atoms with Crippen molar-refractivity contribution in [3.05, 3.63) is 35.1 Å². The lowest BCUT2D eigenvalue weighted by Gasteiger charge is -2.03. The molecule has 0 fully saturated rings. The zero-order valence-electron chi connectivity index (χ0n) is 7.46. The van der Waals surface area contributed by atoms with Gasteiger partial charge < -0.3 is 5.11 Å². The van der Waals surface area contributed by atoms with Crippen LogP contribution >= 0.6 is 0 Å². The molecule has 0 saturated heterocycles. The first-order chi connectivity index (χ1) is 6.29. The Kier molecular flexibility index (Phi) is 2.32. The molecule has 1 unspecified atom stereocenters. The maximum Gasteiger partial charge on any atom is 0.123 e. The lowest BCUT2D eigenvalue weighted by atomic mass is 10.0. The molecule has 1 atom stereocenters. The molecule has 1 aromatic rings. The van der Waals surface area contributed by atoms with Crippen LogP contribution in [-0.2, 0) is 12.8 Å². The standard InChI is InChI=1S/C11H13FO/c12-11-2-1-9-5-8(3-4-13)6-10(9)7-11/h1-2,7-8,13H,3-6H2. The van der Waals surface area contributed by atoms with Crippen LogP contribution in [0.25, 0.3) is 0 Å². The number of hydrogen-bond donors (Lipinski definition) is 1. The topological polar surface area (TPSA) is 20.2 Å². The Balaban J connectivity index is 2.16. The zero-order valence-corrected chi connectivity index (χ0v) is 7.46. The molecule has 0 spiro atoms. The van der Waals surface area contributed by atoms with Gasteiger partial charge in [-0.3, -0.25) is 0 Å². The van der Waals surface area contributed by atoms with E-state index in [1.54, 1.807) is 6.07 Å². The van der Waals surface area contributed by atoms with Crippen LogP contribution < -0.4 is 0 Å². The molecule has 1 aromatic carbocycles. The summed E-state index contributed by atoms with van der Waals surface area (Å²) in [6.45, 7) is 0.237. The third-order valence-electron chi connectivity index (χ3n) is 2.72. The van der Waals surface area contributed by atoms with E-state index >= 15 is 0 Å². The van der Waals surface area contributed by atoms with Crippen molar-refractivity contribution in [2.24, 2.45) is 5.92 Å². The van der Waals surface area contributed by atoms with Crippen LogP contribution in [0.2, 0.25) is 0 Å². The van der Waals surface area contributed by atoms with Crippen LogP contribution in [0.1, 0.15) is 17.5 Å². The van der Waals surface area contributed by atoms with Gasteiger partial charge in [0.15, 0.2) is 0 Å². The molecule has 2 rings (SSSR count). The van der Waals surface area contributed by atoms with Crippen molar-refractivity contribution in [2.75, 3.05) is 6.61 Å². The number of fused-ring (bicyclic) bond motifs is 1. The summed E-state index contributed by atoms with van der Waals surface area (Å²) in [5.74, 6) is 0.366. The van der Waals surface area contributed by atoms with Gasteiger partial charge in [-0.25, -0.2) is 4.39 Å². The minimum Gasteiger partial charge on any atom is -0.396 e. The molecule has 2 heteroatoms. The van der Waals surface area contributed by atoms with Gasteiger partial charge in [-0.1, -0.05) is 6.07 Å². The normalized spacial score (nSPS) is 20.3. The van der Waals surface area contributed by atoms with Crippen molar-refractivity contribution in [1.29, 1.82) is 0 Å². The van der Waals surface area contributed by atoms with Crippen molar-refractivity contribution >= 4 is 0 Å². The highest BCUT2D eigenvalue weighted by atomic mass is 19.1. The molecule has 0 bridgehead atoms. The lowest BCUT2D eigenvalue weighted by molar-refractivity contribution is 0.259. The zero-order chi connectivity index (χ0) is 9.26. The van der Waals surface area contributed by atoms with Crippen LogP contribution in [0.15, 0.2) is 18.2 Å². The second-order valence-corrected chi connectivity index (χ2v) is 3.70. The largest absolute Gasteiger partial charge is 0.396 e. The average Bonchev–Trinajstić information content (AvgIpc) is 2.46. The fourth-order valence-electron chi connectivity index (χ4n) is 2.06. The van der Waals surface area contributed by atoms with Crippen LogP contribution in [-0.4, -0.2) is 11.7 Å². The van der Waals surface area contributed by atoms with Gasteiger partial charge in [-0.05, 0) is 48.4 Å². The van der Waals surface area contributed by atoms with Crippen LogP contribution in [0.5, 0.6) is 0 Å². The van der Waals surface area contributed by atoms with Gasteiger partial charge in [0.05, 0.1) is 0 Å². The highest BCUT2D eigenvalue weighted by Gasteiger charge is 2.20. The first kappa shape index (κ1) is 8.70. The van der Waals surface area contributed by atoms with Gasteiger partial charge in [-0.2, -0.15) is 0 Å². The van der Waals surface area contributed by atoms with E-state index in [9.17, 15) is 4.39 Å². The summed E-state index contributed by atoms with van der Waals surface area (Å²) < 4.78 is 12.8. The van der Waals surface area contributed by atoms with Crippen molar-refractivity contribution in [2.45, 2.75) is 19.3 Å². The highest BCUT2D eigenvalue weighted by Crippen LogP contribution is 2.28. The molecule has 13 heavy (non-hydrogen) atoms. The number of aliphatic hydroxyl groups excluding tert-OH is 1. The smallest absolute Gasteiger partial charge is 0.123 e. The summed E-state index contributed by atoms with van der Waals surface area (Å²) in [5, 5.41) is 8.79. The van der Waals surface area contributed by atoms with Gasteiger partial charge in [0.2, 0.25) is 0 Å². The SMILES string of the molecule is OCCC1Cc2ccc(F)cc2C1. The van der Waals surface area contributed by atoms with Crippen molar-refractivity contribution in [3.8, 4) is 0 Å². The minimum atomic E-state index is -0.150. The molecule has 0 aliphatic heterocycles. The molecule has 0 saturated carbocycles. The van der Waals surface area contributed by atoms with Crippen molar-refractivity contribution in [1.82, 2.24) is 0 Å². The summed E-state index contributed by atoms with van der Waals surface area (Å²) in [5.41, 5.74) is 2.37. The lowest BCUT2D eigenvalue weighted by Crippen LogP contribution is -2.01. The van der Waals surface area contributed by atoms with E-state index in [0.717, 1.165) is 24.8 Å². The third-order valence-corrected chi connectivity index (χ3v) is 2.72. The predicted molar refractivity (Wildman–Crippen MR) is 49.0 cm³/mol. The maximum atomic E-state index is 12.8. The molecule has 0 radical (unpaired) electrons. The number of benzene rings is 1. The molecule has 1 aliphatic carbocycles. The van der Waals surface area contributed by atoms with E-state index in [1.807, 2.05) is 6.07 Å². The first-order valence-electron chi connectivity index (χ1n) is 4.68. The monoisotopic (exact) mass is 180 g/mol. The fourth-order valence-corrected chi connectivity index (χ4v) is 2.06. The number of aliphatic hydroxyl groups is 1. The van der Waals surface area contributed by atoms with Crippen LogP contribution in [0.3, 0.4) is 0 Å². The summed E-state index contributed by atoms with van der Waals surface area (Å²) in [6, 6.07) is 4.99. The highest BCUT2D eigenvalue weighted by molar-refractivity contribution is 5.32. The second-order valence-electron chi connectivity index (χ2n) is 3.70. The summed E-state index contributed by atoms with van der Waals surface area (Å²) in [6.07, 6.45) is 2.75. The van der Waals surface area contributed by atoms with Gasteiger partial charge >= 0.3 is 0 Å². The van der Waals surface area contributed by atoms with Gasteiger partial charge in [0, 0.05) is 6.61 Å². The van der Waals surface area contributed by atoms with Gasteiger partial charge in [0.25, 0.3) is 0 Å². The molecule has 0 amide bonds. The Hall–Kier alpha value is -0.890. The van der Waals surface area contributed by atoms with E-state index in [0.29, 0.717) is 5.92 Å². The molecule has 0 heterocycles. The Morgan fingerprint density at radius 3 is 2.85 bits per heavy atom. The third kappa shape index (κ3) is 1.73. The molecule has 1 aliphatic rings. The van der Waals surface area contributed by atoms with E-state index in [1.165, 1.54) is 11.6 Å². The maximum absolute atomic E-state index is 12.8. The molecule has 0 aromatic heterocycles. The number of halogens is 1. The van der Waals surface area contributed by atoms with E-state index in [4.69, 9.17) is 5.11 Å². The predicted octanol–water partition coefficient (Wildman–Crippen LogP) is 1.92. The first-order valence-corrected chi connectivity index (χ1v) is 4.68.